The van der Waals surface area contributed by atoms with Crippen LogP contribution in [0.25, 0.3) is 0 Å². The van der Waals surface area contributed by atoms with Crippen molar-refractivity contribution in [1.82, 2.24) is 0 Å². The molecule has 0 aromatic heterocycles. The fraction of sp³-hybridized carbons (Fsp3) is 0.364. The first-order valence-electron chi connectivity index (χ1n) is 4.85. The highest BCUT2D eigenvalue weighted by Gasteiger charge is 2.18. The fourth-order valence-corrected chi connectivity index (χ4v) is 2.22. The van der Waals surface area contributed by atoms with Gasteiger partial charge in [0.15, 0.2) is 0 Å². The van der Waals surface area contributed by atoms with Gasteiger partial charge < -0.3 is 15.0 Å². The van der Waals surface area contributed by atoms with Gasteiger partial charge >= 0.3 is 5.97 Å². The van der Waals surface area contributed by atoms with E-state index >= 15 is 0 Å². The first-order chi connectivity index (χ1) is 7.36. The highest BCUT2D eigenvalue weighted by Crippen LogP contribution is 2.34. The Morgan fingerprint density at radius 2 is 2.06 bits per heavy atom. The molecule has 0 fully saturated rings. The van der Waals surface area contributed by atoms with Gasteiger partial charge in [-0.3, -0.25) is 4.79 Å². The summed E-state index contributed by atoms with van der Waals surface area (Å²) in [7, 11) is -1.04. The minimum atomic E-state index is -2.33. The molecule has 88 valence electrons. The number of rotatable bonds is 3. The van der Waals surface area contributed by atoms with E-state index in [0.29, 0.717) is 10.9 Å². The highest BCUT2D eigenvalue weighted by atomic mass is 31.2. The van der Waals surface area contributed by atoms with Gasteiger partial charge in [0.1, 0.15) is 13.2 Å². The van der Waals surface area contributed by atoms with Gasteiger partial charge in [0.05, 0.1) is 7.11 Å². The van der Waals surface area contributed by atoms with Crippen LogP contribution in [0, 0.1) is 0 Å². The predicted octanol–water partition coefficient (Wildman–Crippen LogP) is 1.11. The van der Waals surface area contributed by atoms with Crippen LogP contribution in [0.3, 0.4) is 0 Å². The Kier molecular flexibility index (Phi) is 3.89. The lowest BCUT2D eigenvalue weighted by Gasteiger charge is -2.12. The number of carbonyl (C=O) groups excluding carboxylic acids is 1. The van der Waals surface area contributed by atoms with Gasteiger partial charge in [0.25, 0.3) is 0 Å². The molecule has 0 radical (unpaired) electrons. The summed E-state index contributed by atoms with van der Waals surface area (Å²) in [5.74, 6) is -0.501. The molecule has 0 amide bonds. The summed E-state index contributed by atoms with van der Waals surface area (Å²) in [6.45, 7) is 3.35. The van der Waals surface area contributed by atoms with Gasteiger partial charge in [-0.1, -0.05) is 18.2 Å². The maximum absolute atomic E-state index is 11.9. The number of methoxy groups -OCH3 is 1. The lowest BCUT2D eigenvalue weighted by atomic mass is 10.1. The van der Waals surface area contributed by atoms with Crippen LogP contribution in [0.2, 0.25) is 0 Å². The van der Waals surface area contributed by atoms with Crippen molar-refractivity contribution >= 4 is 18.4 Å². The van der Waals surface area contributed by atoms with Gasteiger partial charge in [-0.2, -0.15) is 0 Å². The number of carbonyl (C=O) groups is 1. The van der Waals surface area contributed by atoms with Crippen molar-refractivity contribution in [2.45, 2.75) is 6.04 Å². The Morgan fingerprint density at radius 1 is 1.44 bits per heavy atom. The standard InChI is InChI=1S/C11H16NO3P/c1-15-11(13)10(12)8-5-4-6-9(7-8)16(2,3)14/h4-7,10H,12H2,1-3H3. The van der Waals surface area contributed by atoms with Crippen LogP contribution in [0.5, 0.6) is 0 Å². The quantitative estimate of drug-likeness (QED) is 0.635. The van der Waals surface area contributed by atoms with Crippen LogP contribution in [0.4, 0.5) is 0 Å². The number of benzene rings is 1. The minimum absolute atomic E-state index is 0.501. The van der Waals surface area contributed by atoms with Crippen molar-refractivity contribution in [3.05, 3.63) is 29.8 Å². The Labute approximate surface area is 95.2 Å². The van der Waals surface area contributed by atoms with E-state index in [0.717, 1.165) is 0 Å². The molecular formula is C11H16NO3P. The number of ether oxygens (including phenoxy) is 1. The lowest BCUT2D eigenvalue weighted by Crippen LogP contribution is -2.23. The summed E-state index contributed by atoms with van der Waals surface area (Å²) in [4.78, 5) is 11.3. The predicted molar refractivity (Wildman–Crippen MR) is 64.5 cm³/mol. The van der Waals surface area contributed by atoms with Crippen LogP contribution in [0.15, 0.2) is 24.3 Å². The third-order valence-corrected chi connectivity index (χ3v) is 3.83. The molecule has 16 heavy (non-hydrogen) atoms. The third-order valence-electron chi connectivity index (χ3n) is 2.31. The molecule has 0 saturated heterocycles. The number of hydrogen-bond acceptors (Lipinski definition) is 4. The number of esters is 1. The molecule has 5 heteroatoms. The molecule has 0 saturated carbocycles. The molecule has 1 atom stereocenters. The van der Waals surface area contributed by atoms with Crippen molar-refractivity contribution in [2.75, 3.05) is 20.4 Å². The molecule has 4 nitrogen and oxygen atoms in total. The smallest absolute Gasteiger partial charge is 0.327 e. The molecule has 0 aliphatic carbocycles. The first-order valence-corrected chi connectivity index (χ1v) is 7.45. The normalized spacial score (nSPS) is 13.2. The molecule has 0 bridgehead atoms. The molecule has 1 rings (SSSR count). The molecule has 1 unspecified atom stereocenters. The van der Waals surface area contributed by atoms with E-state index in [4.69, 9.17) is 5.73 Å². The second-order valence-corrected chi connectivity index (χ2v) is 7.16. The fourth-order valence-electron chi connectivity index (χ4n) is 1.32. The van der Waals surface area contributed by atoms with E-state index in [1.54, 1.807) is 37.6 Å². The third kappa shape index (κ3) is 2.94. The van der Waals surface area contributed by atoms with E-state index in [1.807, 2.05) is 0 Å². The maximum Gasteiger partial charge on any atom is 0.327 e. The van der Waals surface area contributed by atoms with E-state index in [1.165, 1.54) is 7.11 Å². The highest BCUT2D eigenvalue weighted by molar-refractivity contribution is 7.70. The van der Waals surface area contributed by atoms with Gasteiger partial charge in [0, 0.05) is 5.30 Å². The van der Waals surface area contributed by atoms with Crippen LogP contribution in [-0.2, 0) is 14.1 Å². The largest absolute Gasteiger partial charge is 0.468 e. The summed E-state index contributed by atoms with van der Waals surface area (Å²) in [5.41, 5.74) is 6.32. The molecule has 1 aromatic rings. The molecule has 2 N–H and O–H groups in total. The maximum atomic E-state index is 11.9. The summed E-state index contributed by atoms with van der Waals surface area (Å²) >= 11 is 0. The Hall–Kier alpha value is -1.12. The first kappa shape index (κ1) is 12.9. The molecular weight excluding hydrogens is 225 g/mol. The molecule has 0 aliphatic rings. The zero-order valence-electron chi connectivity index (χ0n) is 9.64. The topological polar surface area (TPSA) is 69.4 Å². The average molecular weight is 241 g/mol. The summed E-state index contributed by atoms with van der Waals surface area (Å²) in [6.07, 6.45) is 0. The monoisotopic (exact) mass is 241 g/mol. The van der Waals surface area contributed by atoms with Crippen LogP contribution in [0.1, 0.15) is 11.6 Å². The van der Waals surface area contributed by atoms with Gasteiger partial charge in [-0.25, -0.2) is 0 Å². The van der Waals surface area contributed by atoms with E-state index in [-0.39, 0.29) is 0 Å². The van der Waals surface area contributed by atoms with Crippen molar-refractivity contribution in [3.63, 3.8) is 0 Å². The van der Waals surface area contributed by atoms with E-state index in [9.17, 15) is 9.36 Å². The van der Waals surface area contributed by atoms with Crippen LogP contribution < -0.4 is 11.0 Å². The summed E-state index contributed by atoms with van der Waals surface area (Å²) < 4.78 is 16.4. The summed E-state index contributed by atoms with van der Waals surface area (Å²) in [6, 6.07) is 6.11. The van der Waals surface area contributed by atoms with E-state index in [2.05, 4.69) is 4.74 Å². The van der Waals surface area contributed by atoms with Crippen molar-refractivity contribution in [2.24, 2.45) is 5.73 Å². The van der Waals surface area contributed by atoms with Crippen molar-refractivity contribution < 1.29 is 14.1 Å². The molecule has 0 spiro atoms. The van der Waals surface area contributed by atoms with E-state index < -0.39 is 19.2 Å². The SMILES string of the molecule is COC(=O)C(N)c1cccc(P(C)(C)=O)c1. The van der Waals surface area contributed by atoms with Gasteiger partial charge in [0.2, 0.25) is 0 Å². The minimum Gasteiger partial charge on any atom is -0.468 e. The van der Waals surface area contributed by atoms with Gasteiger partial charge in [-0.05, 0) is 25.0 Å². The second-order valence-electron chi connectivity index (χ2n) is 3.95. The van der Waals surface area contributed by atoms with Crippen LogP contribution in [-0.4, -0.2) is 26.4 Å². The zero-order chi connectivity index (χ0) is 12.3. The van der Waals surface area contributed by atoms with Gasteiger partial charge in [-0.15, -0.1) is 0 Å². The lowest BCUT2D eigenvalue weighted by molar-refractivity contribution is -0.142. The zero-order valence-corrected chi connectivity index (χ0v) is 10.5. The van der Waals surface area contributed by atoms with Crippen molar-refractivity contribution in [3.8, 4) is 0 Å². The Morgan fingerprint density at radius 3 is 2.56 bits per heavy atom. The number of nitrogens with two attached hydrogens (primary N) is 1. The average Bonchev–Trinajstić information content (AvgIpc) is 2.26. The Bertz CT molecular complexity index is 439. The molecule has 1 aromatic carbocycles. The van der Waals surface area contributed by atoms with Crippen molar-refractivity contribution in [1.29, 1.82) is 0 Å². The summed E-state index contributed by atoms with van der Waals surface area (Å²) in [5, 5.41) is 0.712. The number of hydrogen-bond donors (Lipinski definition) is 1. The molecule has 0 aliphatic heterocycles. The molecule has 0 heterocycles. The second kappa shape index (κ2) is 4.81. The Balaban J connectivity index is 3.08. The van der Waals surface area contributed by atoms with Crippen LogP contribution >= 0.6 is 7.14 Å².